The fourth-order valence-corrected chi connectivity index (χ4v) is 4.83. The Bertz CT molecular complexity index is 472. The third-order valence-corrected chi connectivity index (χ3v) is 6.12. The molecule has 1 aromatic rings. The van der Waals surface area contributed by atoms with E-state index in [4.69, 9.17) is 0 Å². The summed E-state index contributed by atoms with van der Waals surface area (Å²) in [5, 5.41) is 3.95. The van der Waals surface area contributed by atoms with Crippen LogP contribution in [0.25, 0.3) is 0 Å². The number of benzene rings is 1. The summed E-state index contributed by atoms with van der Waals surface area (Å²) in [7, 11) is 0. The van der Waals surface area contributed by atoms with Gasteiger partial charge in [-0.05, 0) is 37.2 Å². The Kier molecular flexibility index (Phi) is 3.55. The number of nitrogens with zero attached hydrogens (tertiary/aromatic N) is 1. The number of nitrogens with one attached hydrogen (secondary N) is 1. The summed E-state index contributed by atoms with van der Waals surface area (Å²) in [6.07, 6.45) is 8.40. The van der Waals surface area contributed by atoms with Crippen LogP contribution in [0.5, 0.6) is 0 Å². The van der Waals surface area contributed by atoms with Gasteiger partial charge < -0.3 is 5.32 Å². The van der Waals surface area contributed by atoms with Crippen molar-refractivity contribution in [1.82, 2.24) is 10.2 Å². The first kappa shape index (κ1) is 13.8. The lowest BCUT2D eigenvalue weighted by atomic mass is 9.77. The predicted molar refractivity (Wildman–Crippen MR) is 87.3 cm³/mol. The number of hydrogen-bond donors (Lipinski definition) is 1. The van der Waals surface area contributed by atoms with Crippen molar-refractivity contribution < 1.29 is 0 Å². The molecule has 2 saturated carbocycles. The van der Waals surface area contributed by atoms with Gasteiger partial charge >= 0.3 is 0 Å². The van der Waals surface area contributed by atoms with Gasteiger partial charge in [0, 0.05) is 30.7 Å². The van der Waals surface area contributed by atoms with Gasteiger partial charge in [0.05, 0.1) is 0 Å². The second-order valence-electron chi connectivity index (χ2n) is 7.70. The van der Waals surface area contributed by atoms with E-state index in [0.29, 0.717) is 11.6 Å². The van der Waals surface area contributed by atoms with E-state index in [1.54, 1.807) is 0 Å². The van der Waals surface area contributed by atoms with Crippen LogP contribution in [-0.4, -0.2) is 29.6 Å². The Labute approximate surface area is 128 Å². The molecule has 0 radical (unpaired) electrons. The van der Waals surface area contributed by atoms with E-state index >= 15 is 0 Å². The molecule has 2 aliphatic carbocycles. The van der Waals surface area contributed by atoms with Gasteiger partial charge in [0.15, 0.2) is 0 Å². The van der Waals surface area contributed by atoms with Crippen LogP contribution < -0.4 is 5.32 Å². The van der Waals surface area contributed by atoms with Gasteiger partial charge in [-0.25, -0.2) is 0 Å². The second-order valence-corrected chi connectivity index (χ2v) is 7.70. The fourth-order valence-electron chi connectivity index (χ4n) is 4.83. The van der Waals surface area contributed by atoms with Crippen LogP contribution in [0.3, 0.4) is 0 Å². The van der Waals surface area contributed by atoms with E-state index in [2.05, 4.69) is 47.5 Å². The standard InChI is InChI=1S/C19H28N2/c1-15-11-17(12-15)21-14-19(9-5-6-10-19)20-13-18(21)16-7-3-2-4-8-16/h2-4,7-8,15,17-18,20H,5-6,9-14H2,1H3. The summed E-state index contributed by atoms with van der Waals surface area (Å²) in [4.78, 5) is 2.86. The normalized spacial score (nSPS) is 35.8. The van der Waals surface area contributed by atoms with E-state index in [-0.39, 0.29) is 0 Å². The van der Waals surface area contributed by atoms with Gasteiger partial charge in [-0.15, -0.1) is 0 Å². The third kappa shape index (κ3) is 2.53. The molecule has 0 bridgehead atoms. The molecule has 1 spiro atoms. The van der Waals surface area contributed by atoms with E-state index < -0.39 is 0 Å². The van der Waals surface area contributed by atoms with Crippen LogP contribution in [-0.2, 0) is 0 Å². The second kappa shape index (κ2) is 5.40. The molecule has 2 heteroatoms. The van der Waals surface area contributed by atoms with Crippen molar-refractivity contribution in [3.05, 3.63) is 35.9 Å². The average molecular weight is 284 g/mol. The van der Waals surface area contributed by atoms with Gasteiger partial charge in [0.25, 0.3) is 0 Å². The topological polar surface area (TPSA) is 15.3 Å². The van der Waals surface area contributed by atoms with Crippen molar-refractivity contribution in [2.45, 2.75) is 63.1 Å². The van der Waals surface area contributed by atoms with Gasteiger partial charge in [-0.3, -0.25) is 4.90 Å². The molecular formula is C19H28N2. The lowest BCUT2D eigenvalue weighted by Crippen LogP contribution is -2.63. The number of hydrogen-bond acceptors (Lipinski definition) is 2. The summed E-state index contributed by atoms with van der Waals surface area (Å²) >= 11 is 0. The van der Waals surface area contributed by atoms with Gasteiger partial charge in [0.1, 0.15) is 0 Å². The van der Waals surface area contributed by atoms with E-state index in [1.807, 2.05) is 0 Å². The van der Waals surface area contributed by atoms with E-state index in [9.17, 15) is 0 Å². The highest BCUT2D eigenvalue weighted by atomic mass is 15.3. The molecule has 21 heavy (non-hydrogen) atoms. The Balaban J connectivity index is 1.57. The maximum absolute atomic E-state index is 3.95. The number of piperazine rings is 1. The Morgan fingerprint density at radius 3 is 2.48 bits per heavy atom. The summed E-state index contributed by atoms with van der Waals surface area (Å²) < 4.78 is 0. The lowest BCUT2D eigenvalue weighted by molar-refractivity contribution is -0.00746. The molecule has 1 unspecified atom stereocenters. The molecule has 0 amide bonds. The minimum atomic E-state index is 0.435. The highest BCUT2D eigenvalue weighted by Crippen LogP contribution is 2.42. The molecule has 1 saturated heterocycles. The first-order valence-corrected chi connectivity index (χ1v) is 8.81. The first-order chi connectivity index (χ1) is 10.3. The number of rotatable bonds is 2. The predicted octanol–water partition coefficient (Wildman–Crippen LogP) is 3.74. The van der Waals surface area contributed by atoms with E-state index in [0.717, 1.165) is 18.5 Å². The summed E-state index contributed by atoms with van der Waals surface area (Å²) in [5.74, 6) is 0.931. The lowest BCUT2D eigenvalue weighted by Gasteiger charge is -2.53. The van der Waals surface area contributed by atoms with Crippen molar-refractivity contribution in [1.29, 1.82) is 0 Å². The van der Waals surface area contributed by atoms with Gasteiger partial charge in [-0.2, -0.15) is 0 Å². The Hall–Kier alpha value is -0.860. The highest BCUT2D eigenvalue weighted by molar-refractivity contribution is 5.22. The molecule has 114 valence electrons. The average Bonchev–Trinajstić information content (AvgIpc) is 2.93. The summed E-state index contributed by atoms with van der Waals surface area (Å²) in [6.45, 7) is 4.81. The molecule has 1 aliphatic heterocycles. The first-order valence-electron chi connectivity index (χ1n) is 8.81. The smallest absolute Gasteiger partial charge is 0.0476 e. The molecule has 2 nitrogen and oxygen atoms in total. The van der Waals surface area contributed by atoms with Gasteiger partial charge in [0.2, 0.25) is 0 Å². The minimum absolute atomic E-state index is 0.435. The van der Waals surface area contributed by atoms with Crippen LogP contribution in [0.2, 0.25) is 0 Å². The highest BCUT2D eigenvalue weighted by Gasteiger charge is 2.45. The van der Waals surface area contributed by atoms with Crippen molar-refractivity contribution in [2.75, 3.05) is 13.1 Å². The largest absolute Gasteiger partial charge is 0.308 e. The molecule has 3 aliphatic rings. The maximum Gasteiger partial charge on any atom is 0.0476 e. The van der Waals surface area contributed by atoms with Crippen LogP contribution in [0, 0.1) is 5.92 Å². The van der Waals surface area contributed by atoms with Crippen LogP contribution in [0.4, 0.5) is 0 Å². The molecular weight excluding hydrogens is 256 g/mol. The molecule has 1 aromatic carbocycles. The molecule has 0 aromatic heterocycles. The fraction of sp³-hybridized carbons (Fsp3) is 0.684. The monoisotopic (exact) mass is 284 g/mol. The van der Waals surface area contributed by atoms with Crippen molar-refractivity contribution in [3.63, 3.8) is 0 Å². The van der Waals surface area contributed by atoms with Crippen molar-refractivity contribution >= 4 is 0 Å². The minimum Gasteiger partial charge on any atom is -0.308 e. The summed E-state index contributed by atoms with van der Waals surface area (Å²) in [6, 6.07) is 12.5. The molecule has 1 heterocycles. The zero-order chi connectivity index (χ0) is 14.3. The Morgan fingerprint density at radius 2 is 1.81 bits per heavy atom. The zero-order valence-corrected chi connectivity index (χ0v) is 13.2. The zero-order valence-electron chi connectivity index (χ0n) is 13.2. The molecule has 4 rings (SSSR count). The van der Waals surface area contributed by atoms with Gasteiger partial charge in [-0.1, -0.05) is 50.1 Å². The summed E-state index contributed by atoms with van der Waals surface area (Å²) in [5.41, 5.74) is 1.93. The SMILES string of the molecule is CC1CC(N2CC3(CCCC3)NCC2c2ccccc2)C1. The van der Waals surface area contributed by atoms with E-state index in [1.165, 1.54) is 50.6 Å². The Morgan fingerprint density at radius 1 is 1.10 bits per heavy atom. The van der Waals surface area contributed by atoms with Crippen molar-refractivity contribution in [2.24, 2.45) is 5.92 Å². The van der Waals surface area contributed by atoms with Crippen molar-refractivity contribution in [3.8, 4) is 0 Å². The van der Waals surface area contributed by atoms with Crippen LogP contribution in [0.15, 0.2) is 30.3 Å². The van der Waals surface area contributed by atoms with Crippen LogP contribution in [0.1, 0.15) is 57.1 Å². The van der Waals surface area contributed by atoms with Crippen LogP contribution >= 0.6 is 0 Å². The quantitative estimate of drug-likeness (QED) is 0.890. The molecule has 1 N–H and O–H groups in total. The maximum atomic E-state index is 3.95. The molecule has 1 atom stereocenters. The third-order valence-electron chi connectivity index (χ3n) is 6.12. The molecule has 3 fully saturated rings.